The third kappa shape index (κ3) is 2.76. The first-order valence-electron chi connectivity index (χ1n) is 6.79. The lowest BCUT2D eigenvalue weighted by molar-refractivity contribution is -0.122. The molecular weight excluding hydrogens is 286 g/mol. The molecule has 1 aromatic carbocycles. The molecule has 8 nitrogen and oxygen atoms in total. The Morgan fingerprint density at radius 2 is 2.32 bits per heavy atom. The molecule has 4 N–H and O–H groups in total. The Bertz CT molecular complexity index is 740. The predicted molar refractivity (Wildman–Crippen MR) is 77.0 cm³/mol. The van der Waals surface area contributed by atoms with Gasteiger partial charge in [-0.25, -0.2) is 0 Å². The number of carbonyl (C=O) groups is 2. The first kappa shape index (κ1) is 14.1. The van der Waals surface area contributed by atoms with Crippen molar-refractivity contribution in [3.63, 3.8) is 0 Å². The Balaban J connectivity index is 1.58. The zero-order valence-corrected chi connectivity index (χ0v) is 11.9. The van der Waals surface area contributed by atoms with Gasteiger partial charge in [-0.15, -0.1) is 0 Å². The van der Waals surface area contributed by atoms with Crippen molar-refractivity contribution in [3.8, 4) is 0 Å². The van der Waals surface area contributed by atoms with Crippen molar-refractivity contribution in [2.24, 2.45) is 5.73 Å². The van der Waals surface area contributed by atoms with E-state index < -0.39 is 5.91 Å². The van der Waals surface area contributed by atoms with Crippen LogP contribution in [-0.2, 0) is 17.8 Å². The van der Waals surface area contributed by atoms with Gasteiger partial charge in [-0.05, 0) is 18.6 Å². The fourth-order valence-electron chi connectivity index (χ4n) is 2.36. The molecule has 2 heterocycles. The smallest absolute Gasteiger partial charge is 0.290 e. The number of hydrogen-bond acceptors (Lipinski definition) is 6. The van der Waals surface area contributed by atoms with Crippen molar-refractivity contribution < 1.29 is 14.1 Å². The summed E-state index contributed by atoms with van der Waals surface area (Å²) in [4.78, 5) is 26.8. The lowest BCUT2D eigenvalue weighted by Gasteiger charge is -2.10. The minimum absolute atomic E-state index is 0.0483. The number of anilines is 1. The van der Waals surface area contributed by atoms with Crippen LogP contribution in [0, 0.1) is 6.92 Å². The van der Waals surface area contributed by atoms with E-state index in [9.17, 15) is 9.59 Å². The number of nitrogens with one attached hydrogen (secondary N) is 2. The quantitative estimate of drug-likeness (QED) is 0.737. The zero-order chi connectivity index (χ0) is 15.7. The van der Waals surface area contributed by atoms with E-state index in [1.807, 2.05) is 19.1 Å². The van der Waals surface area contributed by atoms with E-state index in [1.54, 1.807) is 0 Å². The molecule has 8 heteroatoms. The van der Waals surface area contributed by atoms with E-state index in [4.69, 9.17) is 10.3 Å². The van der Waals surface area contributed by atoms with Gasteiger partial charge in [0.15, 0.2) is 0 Å². The Hall–Kier alpha value is -2.90. The molecule has 1 unspecified atom stereocenters. The molecule has 1 aliphatic rings. The Morgan fingerprint density at radius 1 is 1.50 bits per heavy atom. The van der Waals surface area contributed by atoms with Crippen LogP contribution in [-0.4, -0.2) is 28.0 Å². The molecule has 0 bridgehead atoms. The summed E-state index contributed by atoms with van der Waals surface area (Å²) in [6, 6.07) is 5.69. The summed E-state index contributed by atoms with van der Waals surface area (Å²) < 4.78 is 4.82. The maximum absolute atomic E-state index is 12.2. The fourth-order valence-corrected chi connectivity index (χ4v) is 2.36. The lowest BCUT2D eigenvalue weighted by atomic mass is 10.1. The molecule has 0 fully saturated rings. The second-order valence-electron chi connectivity index (χ2n) is 5.16. The van der Waals surface area contributed by atoms with E-state index in [0.29, 0.717) is 6.42 Å². The van der Waals surface area contributed by atoms with Gasteiger partial charge < -0.3 is 20.9 Å². The molecule has 0 saturated carbocycles. The minimum Gasteiger partial charge on any atom is -0.373 e. The normalized spacial score (nSPS) is 16.0. The van der Waals surface area contributed by atoms with Crippen LogP contribution in [0.15, 0.2) is 22.7 Å². The second-order valence-corrected chi connectivity index (χ2v) is 5.16. The summed E-state index contributed by atoms with van der Waals surface area (Å²) >= 11 is 0. The van der Waals surface area contributed by atoms with Crippen molar-refractivity contribution >= 4 is 17.5 Å². The standard InChI is InChI=1S/C14H15N5O3/c1-7-2-3-9-8(4-7)5-10(17-9)14(21)16-6-11-18-13(12(15)20)19-22-11/h2-4,10,17H,5-6H2,1H3,(H2,15,20)(H,16,21). The lowest BCUT2D eigenvalue weighted by Crippen LogP contribution is -2.38. The highest BCUT2D eigenvalue weighted by molar-refractivity contribution is 5.88. The van der Waals surface area contributed by atoms with Gasteiger partial charge >= 0.3 is 0 Å². The van der Waals surface area contributed by atoms with E-state index in [-0.39, 0.29) is 30.2 Å². The van der Waals surface area contributed by atoms with Crippen molar-refractivity contribution in [1.82, 2.24) is 15.5 Å². The second kappa shape index (κ2) is 5.47. The number of benzene rings is 1. The monoisotopic (exact) mass is 301 g/mol. The van der Waals surface area contributed by atoms with Gasteiger partial charge in [0.1, 0.15) is 6.04 Å². The number of carbonyl (C=O) groups excluding carboxylic acids is 2. The molecule has 1 aromatic heterocycles. The first-order chi connectivity index (χ1) is 10.5. The first-order valence-corrected chi connectivity index (χ1v) is 6.79. The van der Waals surface area contributed by atoms with E-state index in [1.165, 1.54) is 0 Å². The van der Waals surface area contributed by atoms with Gasteiger partial charge in [-0.1, -0.05) is 22.9 Å². The Labute approximate surface area is 126 Å². The Kier molecular flexibility index (Phi) is 3.50. The van der Waals surface area contributed by atoms with Crippen molar-refractivity contribution in [2.75, 3.05) is 5.32 Å². The summed E-state index contributed by atoms with van der Waals surface area (Å²) in [6.07, 6.45) is 0.624. The van der Waals surface area contributed by atoms with Crippen LogP contribution in [0.4, 0.5) is 5.69 Å². The summed E-state index contributed by atoms with van der Waals surface area (Å²) in [5, 5.41) is 9.27. The summed E-state index contributed by atoms with van der Waals surface area (Å²) in [5.41, 5.74) is 8.27. The molecule has 0 aliphatic carbocycles. The summed E-state index contributed by atoms with van der Waals surface area (Å²) in [7, 11) is 0. The fraction of sp³-hybridized carbons (Fsp3) is 0.286. The number of hydrogen-bond donors (Lipinski definition) is 3. The van der Waals surface area contributed by atoms with Crippen molar-refractivity contribution in [1.29, 1.82) is 0 Å². The number of nitrogens with zero attached hydrogens (tertiary/aromatic N) is 2. The summed E-state index contributed by atoms with van der Waals surface area (Å²) in [5.74, 6) is -1.02. The van der Waals surface area contributed by atoms with Crippen LogP contribution in [0.25, 0.3) is 0 Å². The van der Waals surface area contributed by atoms with E-state index in [2.05, 4.69) is 26.8 Å². The molecule has 1 aliphatic heterocycles. The third-order valence-electron chi connectivity index (χ3n) is 3.43. The number of aryl methyl sites for hydroxylation is 1. The molecular formula is C14H15N5O3. The van der Waals surface area contributed by atoms with Gasteiger partial charge in [0.05, 0.1) is 6.54 Å². The predicted octanol–water partition coefficient (Wildman–Crippen LogP) is 0.130. The number of amides is 2. The molecule has 2 amide bonds. The van der Waals surface area contributed by atoms with Gasteiger partial charge in [0, 0.05) is 12.1 Å². The average Bonchev–Trinajstić information content (AvgIpc) is 3.10. The summed E-state index contributed by atoms with van der Waals surface area (Å²) in [6.45, 7) is 2.06. The van der Waals surface area contributed by atoms with Crippen LogP contribution < -0.4 is 16.4 Å². The number of rotatable bonds is 4. The number of fused-ring (bicyclic) bond motifs is 1. The number of nitrogens with two attached hydrogens (primary N) is 1. The van der Waals surface area contributed by atoms with Gasteiger partial charge in [0.25, 0.3) is 11.7 Å². The van der Waals surface area contributed by atoms with E-state index in [0.717, 1.165) is 16.8 Å². The minimum atomic E-state index is -0.774. The highest BCUT2D eigenvalue weighted by Gasteiger charge is 2.26. The maximum atomic E-state index is 12.2. The zero-order valence-electron chi connectivity index (χ0n) is 11.9. The van der Waals surface area contributed by atoms with Gasteiger partial charge in [-0.3, -0.25) is 9.59 Å². The van der Waals surface area contributed by atoms with Gasteiger partial charge in [0.2, 0.25) is 11.8 Å². The van der Waals surface area contributed by atoms with Crippen LogP contribution in [0.2, 0.25) is 0 Å². The van der Waals surface area contributed by atoms with Crippen LogP contribution in [0.5, 0.6) is 0 Å². The molecule has 0 spiro atoms. The molecule has 0 saturated heterocycles. The van der Waals surface area contributed by atoms with Crippen molar-refractivity contribution in [2.45, 2.75) is 25.9 Å². The van der Waals surface area contributed by atoms with Gasteiger partial charge in [-0.2, -0.15) is 4.98 Å². The highest BCUT2D eigenvalue weighted by atomic mass is 16.5. The SMILES string of the molecule is Cc1ccc2c(c1)CC(C(=O)NCc1nc(C(N)=O)no1)N2. The van der Waals surface area contributed by atoms with E-state index >= 15 is 0 Å². The number of primary amides is 1. The highest BCUT2D eigenvalue weighted by Crippen LogP contribution is 2.26. The van der Waals surface area contributed by atoms with Crippen molar-refractivity contribution in [3.05, 3.63) is 41.0 Å². The molecule has 0 radical (unpaired) electrons. The third-order valence-corrected chi connectivity index (χ3v) is 3.43. The molecule has 2 aromatic rings. The molecule has 3 rings (SSSR count). The Morgan fingerprint density at radius 3 is 3.05 bits per heavy atom. The molecule has 1 atom stereocenters. The molecule has 114 valence electrons. The van der Waals surface area contributed by atoms with Crippen LogP contribution >= 0.6 is 0 Å². The van der Waals surface area contributed by atoms with Crippen LogP contribution in [0.1, 0.15) is 27.6 Å². The average molecular weight is 301 g/mol. The van der Waals surface area contributed by atoms with Crippen LogP contribution in [0.3, 0.4) is 0 Å². The number of aromatic nitrogens is 2. The largest absolute Gasteiger partial charge is 0.373 e. The topological polar surface area (TPSA) is 123 Å². The maximum Gasteiger partial charge on any atom is 0.290 e. The molecule has 22 heavy (non-hydrogen) atoms.